The summed E-state index contributed by atoms with van der Waals surface area (Å²) in [4.78, 5) is 130. The summed E-state index contributed by atoms with van der Waals surface area (Å²) >= 11 is 0. The standard InChI is InChI=1S/C22H23BO7.C18H23BO7.C18H25BO5.C17H21BO7/c1-2-7-18(24)13-17-12-16-10-6-11-19(20(16)30-23(17)27)22(26)29-14-28-21(25)15-8-4-3-5-9-15;1-4-6-15(21)10-14-9-13-7-5-8-16(17(13)26-19(14)23)18(22)25-12(3)24-11(2)20;1-4-6-15(20)10-14-9-13-7-5-8-16(17(13)24-19(14)22)18(21)23-11-12(2)3;1-3-5-14(20)9-13-8-12-6-4-7-15(16(12)25-18(13)22)17(21)24-10-23-11(2)19/h3-6,8-11,17,27H,2,7,12-14H2,1H3;5,7-8,12,14,23H,4,6,9-10H2,1-3H3;5,7-8,12,14,22H,4,6,9-11H2,1-3H3;4,6-7,13,22H,3,5,8-10H2,1-2H3/t17-;12?,14-;14-;13-/m1111/s1. The molecule has 0 aromatic heterocycles. The second kappa shape index (κ2) is 42.4. The van der Waals surface area contributed by atoms with Crippen LogP contribution in [0.25, 0.3) is 0 Å². The number of esters is 7. The topological polar surface area (TPSA) is 370 Å². The van der Waals surface area contributed by atoms with E-state index in [1.54, 1.807) is 78.9 Å². The monoisotopic (exact) mass is 1450 g/mol. The normalized spacial score (nSPS) is 16.0. The lowest BCUT2D eigenvalue weighted by Gasteiger charge is -2.28. The lowest BCUT2D eigenvalue weighted by molar-refractivity contribution is -0.162. The van der Waals surface area contributed by atoms with Crippen molar-refractivity contribution < 1.29 is 125 Å². The van der Waals surface area contributed by atoms with Crippen LogP contribution in [-0.4, -0.2) is 140 Å². The number of rotatable bonds is 29. The molecule has 0 amide bonds. The van der Waals surface area contributed by atoms with Crippen molar-refractivity contribution in [3.63, 3.8) is 0 Å². The molecule has 5 atom stereocenters. The molecule has 0 saturated carbocycles. The van der Waals surface area contributed by atoms with Gasteiger partial charge in [0.05, 0.1) is 12.2 Å². The molecule has 1 unspecified atom stereocenters. The van der Waals surface area contributed by atoms with E-state index in [9.17, 15) is 72.8 Å². The Morgan fingerprint density at radius 3 is 0.990 bits per heavy atom. The Morgan fingerprint density at radius 2 is 0.686 bits per heavy atom. The third-order valence-corrected chi connectivity index (χ3v) is 16.8. The summed E-state index contributed by atoms with van der Waals surface area (Å²) in [7, 11) is -4.63. The molecular formula is C75H92B4O26. The predicted molar refractivity (Wildman–Crippen MR) is 384 cm³/mol. The zero-order valence-electron chi connectivity index (χ0n) is 60.8. The largest absolute Gasteiger partial charge is 0.535 e. The first-order valence-corrected chi connectivity index (χ1v) is 35.3. The maximum atomic E-state index is 12.5. The molecule has 4 aliphatic heterocycles. The number of ether oxygens (including phenoxy) is 7. The maximum Gasteiger partial charge on any atom is 0.526 e. The molecule has 0 fully saturated rings. The molecule has 0 radical (unpaired) electrons. The highest BCUT2D eigenvalue weighted by atomic mass is 16.7. The molecule has 26 nitrogen and oxygen atoms in total. The maximum absolute atomic E-state index is 12.5. The van der Waals surface area contributed by atoms with Crippen LogP contribution in [-0.2, 0) is 87.6 Å². The first kappa shape index (κ1) is 84.3. The summed E-state index contributed by atoms with van der Waals surface area (Å²) in [5, 5.41) is 41.0. The molecule has 5 aromatic rings. The molecule has 0 saturated heterocycles. The van der Waals surface area contributed by atoms with Crippen LogP contribution in [0, 0.1) is 5.92 Å². The van der Waals surface area contributed by atoms with Crippen molar-refractivity contribution in [3.05, 3.63) is 153 Å². The van der Waals surface area contributed by atoms with Gasteiger partial charge in [0.2, 0.25) is 19.9 Å². The van der Waals surface area contributed by atoms with Gasteiger partial charge in [-0.3, -0.25) is 28.8 Å². The summed E-state index contributed by atoms with van der Waals surface area (Å²) < 4.78 is 56.7. The molecule has 4 N–H and O–H groups in total. The van der Waals surface area contributed by atoms with Gasteiger partial charge in [0, 0.05) is 95.4 Å². The SMILES string of the molecule is CCCC(=O)C[C@H]1Cc2cccc(C(=O)OC(C)OC(C)=O)c2OB1O.CCCC(=O)C[C@H]1Cc2cccc(C(=O)OCC(C)C)c2OB1O.CCCC(=O)C[C@H]1Cc2cccc(C(=O)OCOC(=O)c3ccccc3)c2OB1O.CCCC(=O)C[C@H]1Cc2cccc(C(=O)OCOC(C)=O)c2OB1O. The molecule has 5 aromatic carbocycles. The van der Waals surface area contributed by atoms with Gasteiger partial charge in [-0.25, -0.2) is 24.0 Å². The van der Waals surface area contributed by atoms with Crippen LogP contribution < -0.4 is 18.6 Å². The third-order valence-electron chi connectivity index (χ3n) is 16.8. The minimum Gasteiger partial charge on any atom is -0.535 e. The molecular weight excluding hydrogens is 1360 g/mol. The quantitative estimate of drug-likeness (QED) is 0.0149. The Balaban J connectivity index is 0.000000220. The highest BCUT2D eigenvalue weighted by Crippen LogP contribution is 2.41. The van der Waals surface area contributed by atoms with Gasteiger partial charge >= 0.3 is 70.3 Å². The number of ketones is 4. The second-order valence-corrected chi connectivity index (χ2v) is 26.1. The van der Waals surface area contributed by atoms with Gasteiger partial charge in [0.1, 0.15) is 68.4 Å². The van der Waals surface area contributed by atoms with E-state index in [2.05, 4.69) is 4.74 Å². The summed E-state index contributed by atoms with van der Waals surface area (Å²) in [5.74, 6) is -4.03. The van der Waals surface area contributed by atoms with Crippen molar-refractivity contribution in [2.45, 2.75) is 195 Å². The van der Waals surface area contributed by atoms with Gasteiger partial charge in [-0.15, -0.1) is 0 Å². The van der Waals surface area contributed by atoms with E-state index in [0.29, 0.717) is 80.4 Å². The average molecular weight is 1450 g/mol. The smallest absolute Gasteiger partial charge is 0.526 e. The fourth-order valence-electron chi connectivity index (χ4n) is 11.9. The first-order valence-electron chi connectivity index (χ1n) is 35.3. The van der Waals surface area contributed by atoms with Crippen LogP contribution in [0.15, 0.2) is 103 Å². The van der Waals surface area contributed by atoms with Crippen LogP contribution in [0.1, 0.15) is 213 Å². The Hall–Kier alpha value is -9.63. The number of hydrogen-bond acceptors (Lipinski definition) is 26. The van der Waals surface area contributed by atoms with Crippen molar-refractivity contribution >= 4 is 93.4 Å². The Labute approximate surface area is 612 Å². The van der Waals surface area contributed by atoms with E-state index in [-0.39, 0.29) is 112 Å². The second-order valence-electron chi connectivity index (χ2n) is 26.1. The minimum absolute atomic E-state index is 0.0735. The van der Waals surface area contributed by atoms with Crippen molar-refractivity contribution in [3.8, 4) is 23.0 Å². The van der Waals surface area contributed by atoms with Gasteiger partial charge in [0.15, 0.2) is 0 Å². The number of benzene rings is 5. The zero-order valence-corrected chi connectivity index (χ0v) is 60.8. The van der Waals surface area contributed by atoms with E-state index in [1.807, 2.05) is 47.6 Å². The van der Waals surface area contributed by atoms with Crippen LogP contribution in [0.5, 0.6) is 23.0 Å². The third kappa shape index (κ3) is 26.2. The summed E-state index contributed by atoms with van der Waals surface area (Å²) in [6.07, 6.45) is 6.69. The van der Waals surface area contributed by atoms with Crippen LogP contribution in [0.4, 0.5) is 0 Å². The van der Waals surface area contributed by atoms with Gasteiger partial charge < -0.3 is 71.9 Å². The highest BCUT2D eigenvalue weighted by molar-refractivity contribution is 6.48. The first-order chi connectivity index (χ1) is 50.1. The number of fused-ring (bicyclic) bond motifs is 4. The molecule has 9 rings (SSSR count). The summed E-state index contributed by atoms with van der Waals surface area (Å²) in [6.45, 7) is 14.8. The number of hydrogen-bond donors (Lipinski definition) is 4. The molecule has 4 heterocycles. The van der Waals surface area contributed by atoms with Gasteiger partial charge in [-0.2, -0.15) is 0 Å². The van der Waals surface area contributed by atoms with E-state index >= 15 is 0 Å². The highest BCUT2D eigenvalue weighted by Gasteiger charge is 2.42. The van der Waals surface area contributed by atoms with Crippen molar-refractivity contribution in [2.24, 2.45) is 5.92 Å². The fourth-order valence-corrected chi connectivity index (χ4v) is 11.9. The fraction of sp³-hybridized carbons (Fsp3) is 0.453. The van der Waals surface area contributed by atoms with Crippen molar-refractivity contribution in [1.29, 1.82) is 0 Å². The van der Waals surface area contributed by atoms with Crippen LogP contribution in [0.3, 0.4) is 0 Å². The Kier molecular flexibility index (Phi) is 34.0. The molecule has 560 valence electrons. The number of para-hydroxylation sites is 4. The van der Waals surface area contributed by atoms with Gasteiger partial charge in [-0.1, -0.05) is 108 Å². The van der Waals surface area contributed by atoms with E-state index in [4.69, 9.17) is 47.0 Å². The van der Waals surface area contributed by atoms with Gasteiger partial charge in [-0.05, 0) is 116 Å². The Morgan fingerprint density at radius 1 is 0.381 bits per heavy atom. The Bertz CT molecular complexity index is 3830. The van der Waals surface area contributed by atoms with Crippen molar-refractivity contribution in [2.75, 3.05) is 20.2 Å². The predicted octanol–water partition coefficient (Wildman–Crippen LogP) is 10.5. The molecule has 0 spiro atoms. The van der Waals surface area contributed by atoms with E-state index < -0.39 is 90.1 Å². The van der Waals surface area contributed by atoms with Crippen LogP contribution >= 0.6 is 0 Å². The number of carbonyl (C=O) groups is 11. The minimum atomic E-state index is -1.19. The van der Waals surface area contributed by atoms with E-state index in [0.717, 1.165) is 42.4 Å². The average Bonchev–Trinajstić information content (AvgIpc) is 0.815. The van der Waals surface area contributed by atoms with E-state index in [1.165, 1.54) is 39.0 Å². The number of Topliss-reactive ketones (excluding diaryl/α,β-unsaturated/α-hetero) is 4. The molecule has 4 aliphatic rings. The molecule has 105 heavy (non-hydrogen) atoms. The van der Waals surface area contributed by atoms with Gasteiger partial charge in [0.25, 0.3) is 0 Å². The lowest BCUT2D eigenvalue weighted by atomic mass is 9.64. The van der Waals surface area contributed by atoms with Crippen LogP contribution in [0.2, 0.25) is 23.3 Å². The summed E-state index contributed by atoms with van der Waals surface area (Å²) in [5.41, 5.74) is 4.06. The molecule has 30 heteroatoms. The summed E-state index contributed by atoms with van der Waals surface area (Å²) in [6, 6.07) is 28.5. The molecule has 0 aliphatic carbocycles. The molecule has 0 bridgehead atoms. The number of carbonyl (C=O) groups excluding carboxylic acids is 11. The van der Waals surface area contributed by atoms with Crippen molar-refractivity contribution in [1.82, 2.24) is 0 Å². The lowest BCUT2D eigenvalue weighted by Crippen LogP contribution is -2.36. The zero-order chi connectivity index (χ0) is 76.9.